The first-order valence-corrected chi connectivity index (χ1v) is 16.9. The zero-order valence-corrected chi connectivity index (χ0v) is 27.2. The number of nitrogens with zero attached hydrogens (tertiary/aromatic N) is 4. The maximum atomic E-state index is 14.2. The minimum absolute atomic E-state index is 0.00721. The number of carbonyl (C=O) groups excluding carboxylic acids is 4. The molecule has 2 aromatic carbocycles. The maximum Gasteiger partial charge on any atom is 0.252 e. The lowest BCUT2D eigenvalue weighted by Gasteiger charge is -2.44. The molecule has 1 aromatic heterocycles. The highest BCUT2D eigenvalue weighted by Gasteiger charge is 2.54. The largest absolute Gasteiger partial charge is 0.352 e. The van der Waals surface area contributed by atoms with Crippen LogP contribution in [0.15, 0.2) is 79.1 Å². The molecule has 0 unspecified atom stereocenters. The molecule has 2 N–H and O–H groups in total. The molecule has 1 saturated carbocycles. The zero-order chi connectivity index (χ0) is 32.8. The molecule has 246 valence electrons. The van der Waals surface area contributed by atoms with Crippen molar-refractivity contribution in [3.8, 4) is 0 Å². The number of hydrogen-bond acceptors (Lipinski definition) is 6. The summed E-state index contributed by atoms with van der Waals surface area (Å²) in [5.74, 6) is -0.789. The number of halogens is 1. The van der Waals surface area contributed by atoms with Gasteiger partial charge >= 0.3 is 0 Å². The molecule has 3 heterocycles. The van der Waals surface area contributed by atoms with Gasteiger partial charge in [0.15, 0.2) is 0 Å². The maximum absolute atomic E-state index is 14.2. The van der Waals surface area contributed by atoms with Crippen LogP contribution in [-0.4, -0.2) is 82.3 Å². The van der Waals surface area contributed by atoms with Gasteiger partial charge in [-0.05, 0) is 67.6 Å². The Bertz CT molecular complexity index is 1560. The summed E-state index contributed by atoms with van der Waals surface area (Å²) in [6.07, 6.45) is 9.54. The predicted octanol–water partition coefficient (Wildman–Crippen LogP) is 4.19. The second kappa shape index (κ2) is 14.5. The van der Waals surface area contributed by atoms with Gasteiger partial charge in [0.2, 0.25) is 11.8 Å². The topological polar surface area (TPSA) is 115 Å². The molecular formula is C36H41ClN6O4. The summed E-state index contributed by atoms with van der Waals surface area (Å²) >= 11 is 6.10. The van der Waals surface area contributed by atoms with Crippen molar-refractivity contribution in [3.63, 3.8) is 0 Å². The molecule has 6 rings (SSSR count). The van der Waals surface area contributed by atoms with Gasteiger partial charge in [0.25, 0.3) is 11.8 Å². The summed E-state index contributed by atoms with van der Waals surface area (Å²) in [5, 5.41) is 6.67. The molecule has 47 heavy (non-hydrogen) atoms. The standard InChI is InChI=1S/C36H41ClN6O4/c37-28-13-11-26(12-14-28)23-31(40-33(45)27-15-19-38-20-16-27)34(46)41-21-17-36(18-22-41)35(47)42(25-43(36)30-9-5-2-6-10-30)24-32(44)39-29-7-3-1-4-8-29/h2,5-6,9-16,19-20,29,31H,1,3-4,7-8,17-18,21-25H2,(H,39,44)(H,40,45)/t31-/m1/s1. The lowest BCUT2D eigenvalue weighted by Crippen LogP contribution is -2.60. The number of carbonyl (C=O) groups is 4. The lowest BCUT2D eigenvalue weighted by atomic mass is 9.85. The minimum Gasteiger partial charge on any atom is -0.352 e. The van der Waals surface area contributed by atoms with E-state index >= 15 is 0 Å². The molecule has 0 bridgehead atoms. The van der Waals surface area contributed by atoms with Crippen LogP contribution in [-0.2, 0) is 20.8 Å². The molecule has 1 atom stereocenters. The molecule has 3 aliphatic rings. The Balaban J connectivity index is 1.18. The SMILES string of the molecule is O=C(CN1CN(c2ccccc2)C2(CCN(C(=O)[C@@H](Cc3ccc(Cl)cc3)NC(=O)c3ccncc3)CC2)C1=O)NC1CCCCC1. The second-order valence-electron chi connectivity index (χ2n) is 12.8. The monoisotopic (exact) mass is 656 g/mol. The minimum atomic E-state index is -0.880. The number of piperidine rings is 1. The number of para-hydroxylation sites is 1. The average Bonchev–Trinajstić information content (AvgIpc) is 3.36. The van der Waals surface area contributed by atoms with Gasteiger partial charge in [0.1, 0.15) is 18.1 Å². The molecule has 10 nitrogen and oxygen atoms in total. The third kappa shape index (κ3) is 7.43. The quantitative estimate of drug-likeness (QED) is 0.357. The van der Waals surface area contributed by atoms with Crippen LogP contribution >= 0.6 is 11.6 Å². The summed E-state index contributed by atoms with van der Waals surface area (Å²) in [7, 11) is 0. The van der Waals surface area contributed by atoms with E-state index in [1.165, 1.54) is 18.8 Å². The van der Waals surface area contributed by atoms with Crippen molar-refractivity contribution in [1.29, 1.82) is 0 Å². The first-order valence-electron chi connectivity index (χ1n) is 16.5. The number of likely N-dealkylation sites (tertiary alicyclic amines) is 1. The third-order valence-electron chi connectivity index (χ3n) is 9.69. The number of hydrogen-bond donors (Lipinski definition) is 2. The second-order valence-corrected chi connectivity index (χ2v) is 13.2. The predicted molar refractivity (Wildman–Crippen MR) is 180 cm³/mol. The first-order chi connectivity index (χ1) is 22.8. The number of pyridine rings is 1. The van der Waals surface area contributed by atoms with E-state index in [2.05, 4.69) is 20.5 Å². The van der Waals surface area contributed by atoms with Crippen LogP contribution in [0.4, 0.5) is 5.69 Å². The van der Waals surface area contributed by atoms with Crippen LogP contribution in [0.2, 0.25) is 5.02 Å². The summed E-state index contributed by atoms with van der Waals surface area (Å²) in [6, 6.07) is 19.6. The Morgan fingerprint density at radius 3 is 2.28 bits per heavy atom. The average molecular weight is 657 g/mol. The fraction of sp³-hybridized carbons (Fsp3) is 0.417. The van der Waals surface area contributed by atoms with Crippen LogP contribution in [0, 0.1) is 0 Å². The van der Waals surface area contributed by atoms with Crippen LogP contribution in [0.5, 0.6) is 0 Å². The van der Waals surface area contributed by atoms with Crippen molar-refractivity contribution >= 4 is 40.9 Å². The summed E-state index contributed by atoms with van der Waals surface area (Å²) in [5.41, 5.74) is 1.30. The van der Waals surface area contributed by atoms with Crippen molar-refractivity contribution in [2.75, 3.05) is 31.2 Å². The van der Waals surface area contributed by atoms with Crippen LogP contribution in [0.25, 0.3) is 0 Å². The first kappa shape index (κ1) is 32.5. The molecule has 2 saturated heterocycles. The molecular weight excluding hydrogens is 616 g/mol. The van der Waals surface area contributed by atoms with E-state index in [1.807, 2.05) is 42.5 Å². The number of benzene rings is 2. The molecule has 4 amide bonds. The number of rotatable bonds is 9. The molecule has 11 heteroatoms. The Morgan fingerprint density at radius 2 is 1.60 bits per heavy atom. The van der Waals surface area contributed by atoms with Gasteiger partial charge in [-0.1, -0.05) is 61.2 Å². The highest BCUT2D eigenvalue weighted by molar-refractivity contribution is 6.30. The van der Waals surface area contributed by atoms with Gasteiger partial charge < -0.3 is 25.3 Å². The number of amides is 4. The van der Waals surface area contributed by atoms with E-state index in [0.717, 1.165) is 36.9 Å². The Kier molecular flexibility index (Phi) is 10.1. The fourth-order valence-electron chi connectivity index (χ4n) is 7.13. The van der Waals surface area contributed by atoms with Gasteiger partial charge in [-0.25, -0.2) is 0 Å². The van der Waals surface area contributed by atoms with Crippen LogP contribution < -0.4 is 15.5 Å². The molecule has 2 aliphatic heterocycles. The molecule has 0 radical (unpaired) electrons. The fourth-order valence-corrected chi connectivity index (χ4v) is 7.26. The van der Waals surface area contributed by atoms with Gasteiger partial charge in [0, 0.05) is 54.2 Å². The van der Waals surface area contributed by atoms with Gasteiger partial charge in [-0.15, -0.1) is 0 Å². The number of nitrogens with one attached hydrogen (secondary N) is 2. The summed E-state index contributed by atoms with van der Waals surface area (Å²) < 4.78 is 0. The Morgan fingerprint density at radius 1 is 0.915 bits per heavy atom. The van der Waals surface area contributed by atoms with Crippen LogP contribution in [0.3, 0.4) is 0 Å². The summed E-state index contributed by atoms with van der Waals surface area (Å²) in [4.78, 5) is 64.0. The van der Waals surface area contributed by atoms with E-state index in [4.69, 9.17) is 11.6 Å². The van der Waals surface area contributed by atoms with Crippen molar-refractivity contribution < 1.29 is 19.2 Å². The van der Waals surface area contributed by atoms with E-state index in [9.17, 15) is 19.2 Å². The number of aromatic nitrogens is 1. The summed E-state index contributed by atoms with van der Waals surface area (Å²) in [6.45, 7) is 0.972. The van der Waals surface area contributed by atoms with Crippen molar-refractivity contribution in [2.45, 2.75) is 69.0 Å². The van der Waals surface area contributed by atoms with Crippen molar-refractivity contribution in [3.05, 3.63) is 95.3 Å². The number of anilines is 1. The normalized spacial score (nSPS) is 18.7. The smallest absolute Gasteiger partial charge is 0.252 e. The van der Waals surface area contributed by atoms with E-state index in [0.29, 0.717) is 43.2 Å². The van der Waals surface area contributed by atoms with Gasteiger partial charge in [-0.3, -0.25) is 24.2 Å². The van der Waals surface area contributed by atoms with Gasteiger partial charge in [-0.2, -0.15) is 0 Å². The van der Waals surface area contributed by atoms with Crippen molar-refractivity contribution in [1.82, 2.24) is 25.4 Å². The molecule has 3 fully saturated rings. The highest BCUT2D eigenvalue weighted by atomic mass is 35.5. The van der Waals surface area contributed by atoms with E-state index in [1.54, 1.807) is 34.1 Å². The third-order valence-corrected chi connectivity index (χ3v) is 9.94. The Hall–Kier alpha value is -4.44. The molecule has 3 aromatic rings. The van der Waals surface area contributed by atoms with E-state index in [-0.39, 0.29) is 42.6 Å². The van der Waals surface area contributed by atoms with Gasteiger partial charge in [0.05, 0.1) is 6.67 Å². The highest BCUT2D eigenvalue weighted by Crippen LogP contribution is 2.39. The van der Waals surface area contributed by atoms with Crippen molar-refractivity contribution in [2.24, 2.45) is 0 Å². The molecule has 1 aliphatic carbocycles. The Labute approximate surface area is 280 Å². The lowest BCUT2D eigenvalue weighted by molar-refractivity contribution is -0.140. The van der Waals surface area contributed by atoms with Crippen LogP contribution in [0.1, 0.15) is 60.9 Å². The zero-order valence-electron chi connectivity index (χ0n) is 26.4. The molecule has 1 spiro atoms. The van der Waals surface area contributed by atoms with E-state index < -0.39 is 11.6 Å².